The second kappa shape index (κ2) is 4.09. The molecule has 2 N–H and O–H groups in total. The summed E-state index contributed by atoms with van der Waals surface area (Å²) in [6.45, 7) is 5.69. The third-order valence-corrected chi connectivity index (χ3v) is 3.92. The van der Waals surface area contributed by atoms with Crippen molar-refractivity contribution in [2.24, 2.45) is 0 Å². The first kappa shape index (κ1) is 10.1. The van der Waals surface area contributed by atoms with Crippen LogP contribution in [0.2, 0.25) is 0 Å². The Bertz CT molecular complexity index is 371. The van der Waals surface area contributed by atoms with Crippen LogP contribution in [0.25, 0.3) is 0 Å². The van der Waals surface area contributed by atoms with Crippen molar-refractivity contribution in [3.8, 4) is 0 Å². The smallest absolute Gasteiger partial charge is 0.151 e. The summed E-state index contributed by atoms with van der Waals surface area (Å²) in [6.07, 6.45) is 5.11. The quantitative estimate of drug-likeness (QED) is 0.800. The van der Waals surface area contributed by atoms with Crippen LogP contribution in [0.1, 0.15) is 43.5 Å². The van der Waals surface area contributed by atoms with Gasteiger partial charge in [0, 0.05) is 12.1 Å². The van der Waals surface area contributed by atoms with Crippen molar-refractivity contribution in [3.05, 3.63) is 11.3 Å². The summed E-state index contributed by atoms with van der Waals surface area (Å²) >= 11 is 0. The number of piperidine rings is 1. The molecule has 0 amide bonds. The average Bonchev–Trinajstić information content (AvgIpc) is 2.91. The van der Waals surface area contributed by atoms with Gasteiger partial charge in [0.25, 0.3) is 0 Å². The molecule has 0 saturated carbocycles. The van der Waals surface area contributed by atoms with E-state index >= 15 is 0 Å². The second-order valence-electron chi connectivity index (χ2n) is 4.78. The molecule has 2 aliphatic rings. The summed E-state index contributed by atoms with van der Waals surface area (Å²) in [7, 11) is 0. The molecule has 0 aliphatic carbocycles. The predicted molar refractivity (Wildman–Crippen MR) is 64.6 cm³/mol. The summed E-state index contributed by atoms with van der Waals surface area (Å²) in [5.41, 5.74) is 2.81. The number of hydrogen-bond acceptors (Lipinski definition) is 3. The number of fused-ring (bicyclic) bond motifs is 1. The maximum Gasteiger partial charge on any atom is 0.151 e. The average molecular weight is 220 g/mol. The Balaban J connectivity index is 1.89. The van der Waals surface area contributed by atoms with Crippen molar-refractivity contribution in [1.82, 2.24) is 15.1 Å². The Morgan fingerprint density at radius 1 is 1.44 bits per heavy atom. The molecule has 1 fully saturated rings. The molecule has 2 aliphatic heterocycles. The van der Waals surface area contributed by atoms with E-state index in [9.17, 15) is 0 Å². The van der Waals surface area contributed by atoms with Gasteiger partial charge < -0.3 is 5.32 Å². The lowest BCUT2D eigenvalue weighted by atomic mass is 9.96. The molecule has 1 aromatic rings. The number of nitrogens with one attached hydrogen (secondary N) is 2. The lowest BCUT2D eigenvalue weighted by Crippen LogP contribution is -2.33. The van der Waals surface area contributed by atoms with Gasteiger partial charge in [-0.15, -0.1) is 0 Å². The molecule has 4 nitrogen and oxygen atoms in total. The Hall–Kier alpha value is -1.03. The van der Waals surface area contributed by atoms with Gasteiger partial charge in [0.05, 0.1) is 11.7 Å². The highest BCUT2D eigenvalue weighted by Crippen LogP contribution is 2.35. The monoisotopic (exact) mass is 220 g/mol. The fraction of sp³-hybridized carbons (Fsp3) is 0.750. The molecule has 0 bridgehead atoms. The third-order valence-electron chi connectivity index (χ3n) is 3.92. The van der Waals surface area contributed by atoms with Crippen molar-refractivity contribution in [3.63, 3.8) is 0 Å². The van der Waals surface area contributed by atoms with E-state index in [2.05, 4.69) is 27.3 Å². The van der Waals surface area contributed by atoms with Crippen LogP contribution in [0.5, 0.6) is 0 Å². The maximum atomic E-state index is 4.38. The third kappa shape index (κ3) is 1.52. The molecule has 3 heterocycles. The van der Waals surface area contributed by atoms with Gasteiger partial charge in [0.1, 0.15) is 0 Å². The first-order valence-electron chi connectivity index (χ1n) is 6.45. The normalized spacial score (nSPS) is 25.4. The highest BCUT2D eigenvalue weighted by atomic mass is 15.2. The number of H-pyrrole nitrogens is 1. The van der Waals surface area contributed by atoms with Crippen LogP contribution in [-0.4, -0.2) is 34.7 Å². The summed E-state index contributed by atoms with van der Waals surface area (Å²) in [4.78, 5) is 2.58. The minimum Gasteiger partial charge on any atom is -0.368 e. The van der Waals surface area contributed by atoms with Gasteiger partial charge in [-0.25, -0.2) is 0 Å². The summed E-state index contributed by atoms with van der Waals surface area (Å²) in [5.74, 6) is 1.09. The van der Waals surface area contributed by atoms with E-state index in [4.69, 9.17) is 0 Å². The highest BCUT2D eigenvalue weighted by molar-refractivity contribution is 5.52. The number of likely N-dealkylation sites (tertiary alicyclic amines) is 1. The summed E-state index contributed by atoms with van der Waals surface area (Å²) in [5, 5.41) is 11.0. The zero-order chi connectivity index (χ0) is 11.0. The number of anilines is 1. The lowest BCUT2D eigenvalue weighted by Gasteiger charge is -2.34. The van der Waals surface area contributed by atoms with Gasteiger partial charge in [-0.3, -0.25) is 10.00 Å². The topological polar surface area (TPSA) is 44.0 Å². The molecule has 88 valence electrons. The predicted octanol–water partition coefficient (Wildman–Crippen LogP) is 1.92. The van der Waals surface area contributed by atoms with Crippen molar-refractivity contribution in [1.29, 1.82) is 0 Å². The summed E-state index contributed by atoms with van der Waals surface area (Å²) < 4.78 is 0. The molecule has 1 atom stereocenters. The van der Waals surface area contributed by atoms with E-state index in [1.807, 2.05) is 0 Å². The first-order valence-corrected chi connectivity index (χ1v) is 6.45. The molecule has 0 unspecified atom stereocenters. The van der Waals surface area contributed by atoms with Crippen LogP contribution in [0.4, 0.5) is 5.82 Å². The molecule has 4 heteroatoms. The zero-order valence-corrected chi connectivity index (χ0v) is 9.92. The second-order valence-corrected chi connectivity index (χ2v) is 4.78. The van der Waals surface area contributed by atoms with Crippen LogP contribution in [-0.2, 0) is 6.42 Å². The number of aromatic amines is 1. The molecule has 0 radical (unpaired) electrons. The molecule has 16 heavy (non-hydrogen) atoms. The summed E-state index contributed by atoms with van der Waals surface area (Å²) in [6, 6.07) is 0.579. The van der Waals surface area contributed by atoms with Crippen molar-refractivity contribution >= 4 is 5.82 Å². The van der Waals surface area contributed by atoms with Crippen LogP contribution >= 0.6 is 0 Å². The van der Waals surface area contributed by atoms with E-state index in [0.29, 0.717) is 6.04 Å². The van der Waals surface area contributed by atoms with Crippen LogP contribution in [0.3, 0.4) is 0 Å². The van der Waals surface area contributed by atoms with E-state index < -0.39 is 0 Å². The van der Waals surface area contributed by atoms with Gasteiger partial charge in [-0.1, -0.05) is 13.3 Å². The molecule has 1 aromatic heterocycles. The van der Waals surface area contributed by atoms with Crippen molar-refractivity contribution in [2.45, 2.75) is 38.6 Å². The Kier molecular flexibility index (Phi) is 2.59. The van der Waals surface area contributed by atoms with Gasteiger partial charge >= 0.3 is 0 Å². The number of aromatic nitrogens is 2. The van der Waals surface area contributed by atoms with E-state index in [-0.39, 0.29) is 0 Å². The molecular formula is C12H20N4. The van der Waals surface area contributed by atoms with Gasteiger partial charge in [0.2, 0.25) is 0 Å². The minimum atomic E-state index is 0.579. The van der Waals surface area contributed by atoms with Crippen molar-refractivity contribution in [2.75, 3.05) is 25.0 Å². The SMILES string of the molecule is CCN1CCCC[C@H]1c1[nH]nc2c1CCN2. The van der Waals surface area contributed by atoms with Gasteiger partial charge in [-0.2, -0.15) is 5.10 Å². The molecular weight excluding hydrogens is 200 g/mol. The van der Waals surface area contributed by atoms with E-state index in [1.165, 1.54) is 37.1 Å². The Morgan fingerprint density at radius 3 is 3.25 bits per heavy atom. The van der Waals surface area contributed by atoms with Crippen LogP contribution in [0, 0.1) is 0 Å². The van der Waals surface area contributed by atoms with Crippen molar-refractivity contribution < 1.29 is 0 Å². The van der Waals surface area contributed by atoms with Gasteiger partial charge in [0.15, 0.2) is 5.82 Å². The number of nitrogens with zero attached hydrogens (tertiary/aromatic N) is 2. The molecule has 1 saturated heterocycles. The van der Waals surface area contributed by atoms with Crippen LogP contribution in [0.15, 0.2) is 0 Å². The standard InChI is InChI=1S/C12H20N4/c1-2-16-8-4-3-5-10(16)11-9-6-7-13-12(9)15-14-11/h10H,2-8H2,1H3,(H2,13,14,15)/t10-/m0/s1. The number of rotatable bonds is 2. The lowest BCUT2D eigenvalue weighted by molar-refractivity contribution is 0.153. The molecule has 3 rings (SSSR count). The minimum absolute atomic E-state index is 0.579. The number of hydrogen-bond donors (Lipinski definition) is 2. The molecule has 0 spiro atoms. The largest absolute Gasteiger partial charge is 0.368 e. The first-order chi connectivity index (χ1) is 7.90. The zero-order valence-electron chi connectivity index (χ0n) is 9.92. The fourth-order valence-corrected chi connectivity index (χ4v) is 3.06. The maximum absolute atomic E-state index is 4.38. The fourth-order valence-electron chi connectivity index (χ4n) is 3.06. The highest BCUT2D eigenvalue weighted by Gasteiger charge is 2.29. The molecule has 0 aromatic carbocycles. The van der Waals surface area contributed by atoms with E-state index in [1.54, 1.807) is 0 Å². The van der Waals surface area contributed by atoms with E-state index in [0.717, 1.165) is 25.3 Å². The van der Waals surface area contributed by atoms with Crippen LogP contribution < -0.4 is 5.32 Å². The Labute approximate surface area is 96.4 Å². The van der Waals surface area contributed by atoms with Gasteiger partial charge in [-0.05, 0) is 32.4 Å². The Morgan fingerprint density at radius 2 is 2.38 bits per heavy atom.